The molecule has 7 heteroatoms. The second-order valence-corrected chi connectivity index (χ2v) is 5.45. The van der Waals surface area contributed by atoms with Crippen LogP contribution in [0.4, 0.5) is 0 Å². The zero-order valence-electron chi connectivity index (χ0n) is 13.6. The van der Waals surface area contributed by atoms with E-state index in [1.165, 1.54) is 6.21 Å². The summed E-state index contributed by atoms with van der Waals surface area (Å²) >= 11 is 5.95. The zero-order valence-corrected chi connectivity index (χ0v) is 14.3. The van der Waals surface area contributed by atoms with Gasteiger partial charge in [-0.05, 0) is 38.0 Å². The average molecular weight is 340 g/mol. The molecule has 2 N–H and O–H groups in total. The van der Waals surface area contributed by atoms with Crippen molar-refractivity contribution in [2.45, 2.75) is 39.7 Å². The first-order valence-electron chi connectivity index (χ1n) is 7.54. The van der Waals surface area contributed by atoms with Crippen LogP contribution in [0, 0.1) is 0 Å². The summed E-state index contributed by atoms with van der Waals surface area (Å²) < 4.78 is 5.57. The number of carbonyl (C=O) groups excluding carboxylic acids is 2. The maximum Gasteiger partial charge on any atom is 0.329 e. The van der Waals surface area contributed by atoms with Crippen molar-refractivity contribution in [3.05, 3.63) is 28.8 Å². The number of carbonyl (C=O) groups is 2. The van der Waals surface area contributed by atoms with Crippen molar-refractivity contribution < 1.29 is 14.3 Å². The molecule has 0 saturated heterocycles. The molecule has 0 saturated carbocycles. The minimum atomic E-state index is -0.820. The third-order valence-corrected chi connectivity index (χ3v) is 3.23. The van der Waals surface area contributed by atoms with Crippen molar-refractivity contribution >= 4 is 29.6 Å². The summed E-state index contributed by atoms with van der Waals surface area (Å²) in [7, 11) is 0. The Balaban J connectivity index is 2.68. The highest BCUT2D eigenvalue weighted by Crippen LogP contribution is 2.21. The zero-order chi connectivity index (χ0) is 17.2. The molecule has 2 amide bonds. The molecule has 0 aliphatic carbocycles. The van der Waals surface area contributed by atoms with Gasteiger partial charge in [0.05, 0.1) is 12.8 Å². The molecule has 6 nitrogen and oxygen atoms in total. The molecule has 0 aromatic heterocycles. The van der Waals surface area contributed by atoms with E-state index in [0.29, 0.717) is 22.9 Å². The van der Waals surface area contributed by atoms with Gasteiger partial charge in [-0.3, -0.25) is 9.59 Å². The maximum absolute atomic E-state index is 11.6. The summed E-state index contributed by atoms with van der Waals surface area (Å²) in [5.74, 6) is -0.928. The Bertz CT molecular complexity index is 576. The van der Waals surface area contributed by atoms with Gasteiger partial charge in [-0.25, -0.2) is 5.43 Å². The SMILES string of the molecule is CCCOc1ccc(Cl)cc1/C=N\NC(=O)C(=O)N[C@@H](C)CC. The Morgan fingerprint density at radius 3 is 2.74 bits per heavy atom. The van der Waals surface area contributed by atoms with Crippen LogP contribution in [-0.4, -0.2) is 30.7 Å². The van der Waals surface area contributed by atoms with Crippen LogP contribution in [0.3, 0.4) is 0 Å². The number of nitrogens with one attached hydrogen (secondary N) is 2. The second-order valence-electron chi connectivity index (χ2n) is 5.01. The summed E-state index contributed by atoms with van der Waals surface area (Å²) in [5, 5.41) is 6.86. The number of nitrogens with zero attached hydrogens (tertiary/aromatic N) is 1. The van der Waals surface area contributed by atoms with Gasteiger partial charge in [0.15, 0.2) is 0 Å². The Kier molecular flexibility index (Phi) is 8.11. The van der Waals surface area contributed by atoms with Crippen molar-refractivity contribution in [1.82, 2.24) is 10.7 Å². The van der Waals surface area contributed by atoms with E-state index in [9.17, 15) is 9.59 Å². The molecular formula is C16H22ClN3O3. The molecule has 1 rings (SSSR count). The fraction of sp³-hybridized carbons (Fsp3) is 0.438. The van der Waals surface area contributed by atoms with Crippen LogP contribution in [0.15, 0.2) is 23.3 Å². The second kappa shape index (κ2) is 9.84. The molecule has 1 aromatic carbocycles. The van der Waals surface area contributed by atoms with Gasteiger partial charge < -0.3 is 10.1 Å². The van der Waals surface area contributed by atoms with Crippen molar-refractivity contribution in [3.8, 4) is 5.75 Å². The van der Waals surface area contributed by atoms with Gasteiger partial charge in [-0.2, -0.15) is 5.10 Å². The number of hydrogen-bond donors (Lipinski definition) is 2. The summed E-state index contributed by atoms with van der Waals surface area (Å²) in [4.78, 5) is 23.2. The Labute approximate surface area is 141 Å². The predicted octanol–water partition coefficient (Wildman–Crippen LogP) is 2.49. The number of rotatable bonds is 7. The molecule has 0 fully saturated rings. The van der Waals surface area contributed by atoms with E-state index in [1.807, 2.05) is 20.8 Å². The lowest BCUT2D eigenvalue weighted by molar-refractivity contribution is -0.139. The first-order chi connectivity index (χ1) is 11.0. The molecule has 0 bridgehead atoms. The van der Waals surface area contributed by atoms with Gasteiger partial charge in [-0.1, -0.05) is 25.4 Å². The summed E-state index contributed by atoms with van der Waals surface area (Å²) in [5.41, 5.74) is 2.80. The quantitative estimate of drug-likeness (QED) is 0.455. The van der Waals surface area contributed by atoms with E-state index in [-0.39, 0.29) is 6.04 Å². The van der Waals surface area contributed by atoms with Crippen molar-refractivity contribution in [1.29, 1.82) is 0 Å². The lowest BCUT2D eigenvalue weighted by Gasteiger charge is -2.10. The molecule has 0 aliphatic heterocycles. The maximum atomic E-state index is 11.6. The number of benzene rings is 1. The van der Waals surface area contributed by atoms with Crippen LogP contribution in [0.5, 0.6) is 5.75 Å². The molecule has 126 valence electrons. The molecule has 0 spiro atoms. The van der Waals surface area contributed by atoms with Crippen molar-refractivity contribution in [2.75, 3.05) is 6.61 Å². The molecule has 0 aliphatic rings. The van der Waals surface area contributed by atoms with E-state index in [4.69, 9.17) is 16.3 Å². The Hall–Kier alpha value is -2.08. The molecule has 0 unspecified atom stereocenters. The molecule has 23 heavy (non-hydrogen) atoms. The predicted molar refractivity (Wildman–Crippen MR) is 90.9 cm³/mol. The number of ether oxygens (including phenoxy) is 1. The Morgan fingerprint density at radius 1 is 1.35 bits per heavy atom. The number of hydrogen-bond acceptors (Lipinski definition) is 4. The fourth-order valence-electron chi connectivity index (χ4n) is 1.57. The lowest BCUT2D eigenvalue weighted by Crippen LogP contribution is -2.41. The van der Waals surface area contributed by atoms with Gasteiger partial charge in [0.25, 0.3) is 0 Å². The number of halogens is 1. The third-order valence-electron chi connectivity index (χ3n) is 3.00. The topological polar surface area (TPSA) is 79.8 Å². The highest BCUT2D eigenvalue weighted by Gasteiger charge is 2.14. The van der Waals surface area contributed by atoms with Crippen LogP contribution in [0.2, 0.25) is 5.02 Å². The van der Waals surface area contributed by atoms with Crippen molar-refractivity contribution in [3.63, 3.8) is 0 Å². The normalized spacial score (nSPS) is 12.0. The first-order valence-corrected chi connectivity index (χ1v) is 7.91. The van der Waals surface area contributed by atoms with Gasteiger partial charge in [-0.15, -0.1) is 0 Å². The van der Waals surface area contributed by atoms with E-state index >= 15 is 0 Å². The highest BCUT2D eigenvalue weighted by atomic mass is 35.5. The molecule has 1 aromatic rings. The molecule has 0 heterocycles. The van der Waals surface area contributed by atoms with Gasteiger partial charge in [0, 0.05) is 16.6 Å². The monoisotopic (exact) mass is 339 g/mol. The average Bonchev–Trinajstić information content (AvgIpc) is 2.53. The Morgan fingerprint density at radius 2 is 2.09 bits per heavy atom. The van der Waals surface area contributed by atoms with Crippen LogP contribution < -0.4 is 15.5 Å². The lowest BCUT2D eigenvalue weighted by atomic mass is 10.2. The molecular weight excluding hydrogens is 318 g/mol. The minimum absolute atomic E-state index is 0.0702. The van der Waals surface area contributed by atoms with Crippen LogP contribution in [0.1, 0.15) is 39.2 Å². The minimum Gasteiger partial charge on any atom is -0.493 e. The van der Waals surface area contributed by atoms with Crippen LogP contribution in [0.25, 0.3) is 0 Å². The van der Waals surface area contributed by atoms with E-state index in [2.05, 4.69) is 15.8 Å². The summed E-state index contributed by atoms with van der Waals surface area (Å²) in [6.07, 6.45) is 3.00. The van der Waals surface area contributed by atoms with E-state index < -0.39 is 11.8 Å². The van der Waals surface area contributed by atoms with Gasteiger partial charge in [0.2, 0.25) is 0 Å². The van der Waals surface area contributed by atoms with E-state index in [1.54, 1.807) is 18.2 Å². The largest absolute Gasteiger partial charge is 0.493 e. The third kappa shape index (κ3) is 6.69. The molecule has 1 atom stereocenters. The summed E-state index contributed by atoms with van der Waals surface area (Å²) in [6.45, 7) is 6.29. The van der Waals surface area contributed by atoms with Gasteiger partial charge >= 0.3 is 11.8 Å². The molecule has 0 radical (unpaired) electrons. The standard InChI is InChI=1S/C16H22ClN3O3/c1-4-8-23-14-7-6-13(17)9-12(14)10-18-20-16(22)15(21)19-11(3)5-2/h6-7,9-11H,4-5,8H2,1-3H3,(H,19,21)(H,20,22)/b18-10-/t11-/m0/s1. The van der Waals surface area contributed by atoms with Crippen LogP contribution >= 0.6 is 11.6 Å². The summed E-state index contributed by atoms with van der Waals surface area (Å²) in [6, 6.07) is 5.04. The van der Waals surface area contributed by atoms with Gasteiger partial charge in [0.1, 0.15) is 5.75 Å². The van der Waals surface area contributed by atoms with E-state index in [0.717, 1.165) is 12.8 Å². The highest BCUT2D eigenvalue weighted by molar-refractivity contribution is 6.35. The number of hydrazone groups is 1. The number of amides is 2. The van der Waals surface area contributed by atoms with Crippen LogP contribution in [-0.2, 0) is 9.59 Å². The van der Waals surface area contributed by atoms with Crippen molar-refractivity contribution in [2.24, 2.45) is 5.10 Å². The smallest absolute Gasteiger partial charge is 0.329 e. The fourth-order valence-corrected chi connectivity index (χ4v) is 1.75. The first kappa shape index (κ1) is 19.0.